The summed E-state index contributed by atoms with van der Waals surface area (Å²) in [6.07, 6.45) is 1.81. The third-order valence-electron chi connectivity index (χ3n) is 4.21. The molecule has 7 nitrogen and oxygen atoms in total. The predicted octanol–water partition coefficient (Wildman–Crippen LogP) is 3.21. The molecule has 0 aliphatic heterocycles. The number of nitro benzene ring substituents is 1. The van der Waals surface area contributed by atoms with Crippen LogP contribution < -0.4 is 5.32 Å². The maximum Gasteiger partial charge on any atom is 0.328 e. The number of nitro groups is 1. The molecule has 2 aromatic rings. The van der Waals surface area contributed by atoms with Crippen LogP contribution in [-0.4, -0.2) is 29.4 Å². The van der Waals surface area contributed by atoms with E-state index in [2.05, 4.69) is 5.32 Å². The molecule has 1 amide bonds. The molecule has 2 rings (SSSR count). The van der Waals surface area contributed by atoms with Crippen LogP contribution in [-0.2, 0) is 27.2 Å². The third kappa shape index (κ3) is 6.83. The van der Waals surface area contributed by atoms with Crippen molar-refractivity contribution >= 4 is 17.6 Å². The van der Waals surface area contributed by atoms with E-state index in [0.717, 1.165) is 11.1 Å². The van der Waals surface area contributed by atoms with Crippen LogP contribution >= 0.6 is 0 Å². The van der Waals surface area contributed by atoms with Crippen molar-refractivity contribution in [3.05, 3.63) is 75.8 Å². The Bertz CT molecular complexity index is 790. The van der Waals surface area contributed by atoms with Crippen molar-refractivity contribution < 1.29 is 19.2 Å². The van der Waals surface area contributed by atoms with E-state index in [1.54, 1.807) is 19.1 Å². The van der Waals surface area contributed by atoms with Gasteiger partial charge < -0.3 is 10.1 Å². The van der Waals surface area contributed by atoms with Gasteiger partial charge in [0.05, 0.1) is 11.5 Å². The summed E-state index contributed by atoms with van der Waals surface area (Å²) in [4.78, 5) is 34.7. The molecule has 1 N–H and O–H groups in total. The van der Waals surface area contributed by atoms with Gasteiger partial charge in [0.2, 0.25) is 5.91 Å². The van der Waals surface area contributed by atoms with Crippen LogP contribution in [0.1, 0.15) is 30.9 Å². The zero-order chi connectivity index (χ0) is 20.4. The standard InChI is InChI=1S/C21H24N2O5/c1-2-28-21(25)19(15-17-7-4-3-5-8-17)22-20(24)10-6-9-16-11-13-18(14-12-16)23(26)27/h3-5,7-8,11-14,19H,2,6,9-10,15H2,1H3,(H,22,24). The van der Waals surface area contributed by atoms with Gasteiger partial charge in [0, 0.05) is 25.0 Å². The lowest BCUT2D eigenvalue weighted by Crippen LogP contribution is -2.43. The van der Waals surface area contributed by atoms with E-state index >= 15 is 0 Å². The highest BCUT2D eigenvalue weighted by molar-refractivity contribution is 5.84. The van der Waals surface area contributed by atoms with Crippen LogP contribution in [0.2, 0.25) is 0 Å². The Hall–Kier alpha value is -3.22. The normalized spacial score (nSPS) is 11.5. The summed E-state index contributed by atoms with van der Waals surface area (Å²) < 4.78 is 5.07. The smallest absolute Gasteiger partial charge is 0.328 e. The number of carbonyl (C=O) groups excluding carboxylic acids is 2. The van der Waals surface area contributed by atoms with Gasteiger partial charge in [-0.1, -0.05) is 42.5 Å². The Kier molecular flexibility index (Phi) is 8.14. The van der Waals surface area contributed by atoms with Crippen LogP contribution in [0.25, 0.3) is 0 Å². The molecule has 2 aromatic carbocycles. The topological polar surface area (TPSA) is 98.5 Å². The minimum Gasteiger partial charge on any atom is -0.464 e. The average molecular weight is 384 g/mol. The van der Waals surface area contributed by atoms with Gasteiger partial charge in [-0.3, -0.25) is 14.9 Å². The number of ether oxygens (including phenoxy) is 1. The first-order valence-corrected chi connectivity index (χ1v) is 9.23. The van der Waals surface area contributed by atoms with Gasteiger partial charge in [-0.25, -0.2) is 4.79 Å². The van der Waals surface area contributed by atoms with Gasteiger partial charge in [0.15, 0.2) is 0 Å². The molecule has 1 atom stereocenters. The van der Waals surface area contributed by atoms with Gasteiger partial charge in [-0.15, -0.1) is 0 Å². The van der Waals surface area contributed by atoms with Gasteiger partial charge in [0.25, 0.3) is 5.69 Å². The fourth-order valence-electron chi connectivity index (χ4n) is 2.79. The summed E-state index contributed by atoms with van der Waals surface area (Å²) in [6.45, 7) is 1.98. The third-order valence-corrected chi connectivity index (χ3v) is 4.21. The number of amides is 1. The Morgan fingerprint density at radius 1 is 1.07 bits per heavy atom. The fourth-order valence-corrected chi connectivity index (χ4v) is 2.79. The highest BCUT2D eigenvalue weighted by Gasteiger charge is 2.22. The number of aryl methyl sites for hydroxylation is 1. The average Bonchev–Trinajstić information content (AvgIpc) is 2.69. The lowest BCUT2D eigenvalue weighted by atomic mass is 10.0. The van der Waals surface area contributed by atoms with Gasteiger partial charge in [-0.05, 0) is 30.9 Å². The maximum atomic E-state index is 12.3. The molecule has 1 unspecified atom stereocenters. The van der Waals surface area contributed by atoms with E-state index in [-0.39, 0.29) is 24.6 Å². The number of benzene rings is 2. The largest absolute Gasteiger partial charge is 0.464 e. The molecule has 0 radical (unpaired) electrons. The number of esters is 1. The van der Waals surface area contributed by atoms with Gasteiger partial charge in [-0.2, -0.15) is 0 Å². The van der Waals surface area contributed by atoms with Crippen molar-refractivity contribution in [3.63, 3.8) is 0 Å². The zero-order valence-corrected chi connectivity index (χ0v) is 15.8. The SMILES string of the molecule is CCOC(=O)C(Cc1ccccc1)NC(=O)CCCc1ccc([N+](=O)[O-])cc1. The van der Waals surface area contributed by atoms with E-state index in [0.29, 0.717) is 19.3 Å². The predicted molar refractivity (Wildman–Crippen MR) is 105 cm³/mol. The first kappa shape index (κ1) is 21.1. The molecule has 0 bridgehead atoms. The molecule has 0 saturated heterocycles. The van der Waals surface area contributed by atoms with Crippen LogP contribution in [0, 0.1) is 10.1 Å². The molecule has 148 valence electrons. The number of nitrogens with zero attached hydrogens (tertiary/aromatic N) is 1. The number of nitrogens with one attached hydrogen (secondary N) is 1. The van der Waals surface area contributed by atoms with Crippen LogP contribution in [0.3, 0.4) is 0 Å². The first-order valence-electron chi connectivity index (χ1n) is 9.23. The number of rotatable bonds is 10. The molecule has 0 spiro atoms. The number of carbonyl (C=O) groups is 2. The van der Waals surface area contributed by atoms with Crippen molar-refractivity contribution in [2.45, 2.75) is 38.6 Å². The monoisotopic (exact) mass is 384 g/mol. The van der Waals surface area contributed by atoms with E-state index in [9.17, 15) is 19.7 Å². The summed E-state index contributed by atoms with van der Waals surface area (Å²) in [7, 11) is 0. The minimum atomic E-state index is -0.728. The maximum absolute atomic E-state index is 12.3. The summed E-state index contributed by atoms with van der Waals surface area (Å²) >= 11 is 0. The second-order valence-electron chi connectivity index (χ2n) is 6.34. The van der Waals surface area contributed by atoms with Crippen LogP contribution in [0.4, 0.5) is 5.69 Å². The summed E-state index contributed by atoms with van der Waals surface area (Å²) in [6, 6.07) is 15.0. The van der Waals surface area contributed by atoms with E-state index in [4.69, 9.17) is 4.74 Å². The minimum absolute atomic E-state index is 0.0414. The van der Waals surface area contributed by atoms with Gasteiger partial charge >= 0.3 is 5.97 Å². The first-order chi connectivity index (χ1) is 13.5. The van der Waals surface area contributed by atoms with Crippen molar-refractivity contribution in [2.75, 3.05) is 6.61 Å². The Balaban J connectivity index is 1.86. The Labute approximate surface area is 163 Å². The molecule has 28 heavy (non-hydrogen) atoms. The van der Waals surface area contributed by atoms with E-state index < -0.39 is 16.9 Å². The molecular formula is C21H24N2O5. The van der Waals surface area contributed by atoms with E-state index in [1.807, 2.05) is 30.3 Å². The second kappa shape index (κ2) is 10.8. The summed E-state index contributed by atoms with van der Waals surface area (Å²) in [5, 5.41) is 13.4. The molecular weight excluding hydrogens is 360 g/mol. The lowest BCUT2D eigenvalue weighted by Gasteiger charge is -2.17. The lowest BCUT2D eigenvalue weighted by molar-refractivity contribution is -0.384. The molecule has 0 aromatic heterocycles. The number of hydrogen-bond acceptors (Lipinski definition) is 5. The number of non-ortho nitro benzene ring substituents is 1. The molecule has 0 aliphatic rings. The second-order valence-corrected chi connectivity index (χ2v) is 6.34. The molecule has 7 heteroatoms. The van der Waals surface area contributed by atoms with Crippen LogP contribution in [0.15, 0.2) is 54.6 Å². The molecule has 0 aliphatic carbocycles. The van der Waals surface area contributed by atoms with Crippen molar-refractivity contribution in [1.29, 1.82) is 0 Å². The van der Waals surface area contributed by atoms with Gasteiger partial charge in [0.1, 0.15) is 6.04 Å². The summed E-state index contributed by atoms with van der Waals surface area (Å²) in [5.41, 5.74) is 1.90. The highest BCUT2D eigenvalue weighted by Crippen LogP contribution is 2.14. The van der Waals surface area contributed by atoms with Crippen molar-refractivity contribution in [1.82, 2.24) is 5.32 Å². The van der Waals surface area contributed by atoms with Crippen molar-refractivity contribution in [3.8, 4) is 0 Å². The zero-order valence-electron chi connectivity index (χ0n) is 15.8. The van der Waals surface area contributed by atoms with Crippen molar-refractivity contribution in [2.24, 2.45) is 0 Å². The highest BCUT2D eigenvalue weighted by atomic mass is 16.6. The number of hydrogen-bond donors (Lipinski definition) is 1. The molecule has 0 saturated carbocycles. The molecule has 0 heterocycles. The molecule has 0 fully saturated rings. The summed E-state index contributed by atoms with van der Waals surface area (Å²) in [5.74, 6) is -0.675. The Morgan fingerprint density at radius 2 is 1.75 bits per heavy atom. The quantitative estimate of drug-likeness (QED) is 0.385. The van der Waals surface area contributed by atoms with Crippen LogP contribution in [0.5, 0.6) is 0 Å². The Morgan fingerprint density at radius 3 is 2.36 bits per heavy atom. The fraction of sp³-hybridized carbons (Fsp3) is 0.333. The van der Waals surface area contributed by atoms with E-state index in [1.165, 1.54) is 12.1 Å².